The van der Waals surface area contributed by atoms with Crippen molar-refractivity contribution in [3.63, 3.8) is 0 Å². The summed E-state index contributed by atoms with van der Waals surface area (Å²) in [4.78, 5) is 0. The van der Waals surface area contributed by atoms with E-state index in [4.69, 9.17) is 8.23 Å². The average Bonchev–Trinajstić information content (AvgIpc) is 2.52. The largest absolute Gasteiger partial charge is 0.435 e. The third kappa shape index (κ3) is 5.50. The van der Waals surface area contributed by atoms with Crippen LogP contribution in [0.5, 0.6) is 0 Å². The van der Waals surface area contributed by atoms with Crippen LogP contribution in [-0.4, -0.2) is 25.2 Å². The predicted molar refractivity (Wildman–Crippen MR) is 140 cm³/mol. The van der Waals surface area contributed by atoms with Crippen LogP contribution in [0, 0.1) is 0 Å². The Bertz CT molecular complexity index is 395. The molecule has 0 saturated heterocycles. The van der Waals surface area contributed by atoms with Crippen molar-refractivity contribution < 1.29 is 8.23 Å². The molecule has 0 aliphatic rings. The lowest BCUT2D eigenvalue weighted by Gasteiger charge is -2.56. The van der Waals surface area contributed by atoms with Crippen LogP contribution < -0.4 is 0 Å². The standard InChI is InChI=1S/C24H56O2Si3/c1-17(2)27(18(3)4,19(5)6)25-29(23(13)14,24(15)16)26-28(20(7)8,21(9)10)22(11)12/h17-24H,1-16H3. The molecule has 0 atom stereocenters. The maximum Gasteiger partial charge on any atom is 0.322 e. The molecule has 0 aromatic rings. The molecule has 0 amide bonds. The molecule has 0 aliphatic carbocycles. The van der Waals surface area contributed by atoms with E-state index in [2.05, 4.69) is 111 Å². The van der Waals surface area contributed by atoms with Crippen LogP contribution in [0.25, 0.3) is 0 Å². The minimum atomic E-state index is -2.47. The summed E-state index contributed by atoms with van der Waals surface area (Å²) in [6.45, 7) is 38.4. The van der Waals surface area contributed by atoms with Gasteiger partial charge in [-0.2, -0.15) is 0 Å². The Balaban J connectivity index is 6.86. The predicted octanol–water partition coefficient (Wildman–Crippen LogP) is 9.63. The molecule has 0 saturated carbocycles. The molecule has 29 heavy (non-hydrogen) atoms. The van der Waals surface area contributed by atoms with Crippen LogP contribution in [-0.2, 0) is 8.23 Å². The second-order valence-electron chi connectivity index (χ2n) is 11.9. The van der Waals surface area contributed by atoms with E-state index in [-0.39, 0.29) is 0 Å². The molecule has 5 heteroatoms. The van der Waals surface area contributed by atoms with Crippen molar-refractivity contribution in [1.82, 2.24) is 0 Å². The molecule has 0 N–H and O–H groups in total. The lowest BCUT2D eigenvalue weighted by Crippen LogP contribution is -2.66. The maximum atomic E-state index is 7.73. The van der Waals surface area contributed by atoms with E-state index in [0.29, 0.717) is 44.3 Å². The molecule has 0 radical (unpaired) electrons. The molecule has 0 bridgehead atoms. The Hall–Kier alpha value is 0.571. The molecule has 0 rings (SSSR count). The number of rotatable bonds is 12. The van der Waals surface area contributed by atoms with Gasteiger partial charge in [0.15, 0.2) is 16.6 Å². The van der Waals surface area contributed by atoms with Crippen LogP contribution in [0.3, 0.4) is 0 Å². The van der Waals surface area contributed by atoms with E-state index in [1.165, 1.54) is 0 Å². The van der Waals surface area contributed by atoms with Crippen LogP contribution in [0.4, 0.5) is 0 Å². The monoisotopic (exact) mass is 460 g/mol. The molecule has 0 fully saturated rings. The second-order valence-corrected chi connectivity index (χ2v) is 27.6. The van der Waals surface area contributed by atoms with E-state index in [9.17, 15) is 0 Å². The van der Waals surface area contributed by atoms with Gasteiger partial charge in [-0.05, 0) is 44.3 Å². The fourth-order valence-corrected chi connectivity index (χ4v) is 30.1. The van der Waals surface area contributed by atoms with Gasteiger partial charge in [-0.1, -0.05) is 111 Å². The SMILES string of the molecule is CC(C)[Si](O[Si](C(C)C)(C(C)C)C(C)C)(O[Si](C(C)C)(C(C)C)C(C)C)C(C)C. The Morgan fingerprint density at radius 2 is 0.483 bits per heavy atom. The summed E-state index contributed by atoms with van der Waals surface area (Å²) in [5.41, 5.74) is 4.43. The van der Waals surface area contributed by atoms with E-state index in [1.54, 1.807) is 0 Å². The lowest BCUT2D eigenvalue weighted by atomic mass is 10.5. The molecular formula is C24H56O2Si3. The first-order valence-corrected chi connectivity index (χ1v) is 18.6. The van der Waals surface area contributed by atoms with Crippen LogP contribution >= 0.6 is 0 Å². The van der Waals surface area contributed by atoms with Gasteiger partial charge in [0.1, 0.15) is 0 Å². The van der Waals surface area contributed by atoms with E-state index >= 15 is 0 Å². The van der Waals surface area contributed by atoms with Crippen molar-refractivity contribution in [2.45, 2.75) is 155 Å². The first-order valence-electron chi connectivity index (χ1n) is 12.4. The Morgan fingerprint density at radius 1 is 0.310 bits per heavy atom. The van der Waals surface area contributed by atoms with Gasteiger partial charge in [-0.3, -0.25) is 0 Å². The van der Waals surface area contributed by atoms with Crippen molar-refractivity contribution in [2.24, 2.45) is 0 Å². The molecule has 0 aliphatic heterocycles. The summed E-state index contributed by atoms with van der Waals surface area (Å²) in [7, 11) is -6.54. The third-order valence-electron chi connectivity index (χ3n) is 7.70. The van der Waals surface area contributed by atoms with E-state index < -0.39 is 25.2 Å². The summed E-state index contributed by atoms with van der Waals surface area (Å²) >= 11 is 0. The fraction of sp³-hybridized carbons (Fsp3) is 1.00. The summed E-state index contributed by atoms with van der Waals surface area (Å²) in [5.74, 6) is 0. The van der Waals surface area contributed by atoms with Gasteiger partial charge in [-0.25, -0.2) is 0 Å². The normalized spacial score (nSPS) is 14.9. The molecule has 2 nitrogen and oxygen atoms in total. The zero-order valence-corrected chi connectivity index (χ0v) is 25.9. The van der Waals surface area contributed by atoms with Gasteiger partial charge >= 0.3 is 8.56 Å². The van der Waals surface area contributed by atoms with Crippen molar-refractivity contribution in [1.29, 1.82) is 0 Å². The molecule has 176 valence electrons. The molecule has 0 aromatic heterocycles. The Morgan fingerprint density at radius 3 is 0.586 bits per heavy atom. The molecular weight excluding hydrogens is 405 g/mol. The summed E-state index contributed by atoms with van der Waals surface area (Å²) in [5, 5.41) is 0. The smallest absolute Gasteiger partial charge is 0.322 e. The first kappa shape index (κ1) is 29.6. The lowest BCUT2D eigenvalue weighted by molar-refractivity contribution is 0.306. The zero-order valence-electron chi connectivity index (χ0n) is 22.9. The van der Waals surface area contributed by atoms with Gasteiger partial charge in [0, 0.05) is 0 Å². The zero-order chi connectivity index (χ0) is 23.5. The summed E-state index contributed by atoms with van der Waals surface area (Å²) in [6.07, 6.45) is 0. The fourth-order valence-electron chi connectivity index (χ4n) is 6.42. The minimum Gasteiger partial charge on any atom is -0.435 e. The van der Waals surface area contributed by atoms with Gasteiger partial charge in [0.2, 0.25) is 0 Å². The molecule has 0 aromatic carbocycles. The third-order valence-corrected chi connectivity index (χ3v) is 27.1. The highest BCUT2D eigenvalue weighted by atomic mass is 28.5. The highest BCUT2D eigenvalue weighted by Gasteiger charge is 2.60. The first-order chi connectivity index (χ1) is 13.0. The highest BCUT2D eigenvalue weighted by molar-refractivity contribution is 6.93. The van der Waals surface area contributed by atoms with E-state index in [0.717, 1.165) is 0 Å². The number of hydrogen-bond acceptors (Lipinski definition) is 2. The maximum absolute atomic E-state index is 7.73. The molecule has 0 heterocycles. The summed E-state index contributed by atoms with van der Waals surface area (Å²) in [6, 6.07) is 0. The minimum absolute atomic E-state index is 0.453. The van der Waals surface area contributed by atoms with E-state index in [1.807, 2.05) is 0 Å². The average molecular weight is 461 g/mol. The van der Waals surface area contributed by atoms with Gasteiger partial charge in [0.05, 0.1) is 0 Å². The molecule has 0 unspecified atom stereocenters. The van der Waals surface area contributed by atoms with Crippen LogP contribution in [0.1, 0.15) is 111 Å². The number of hydrogen-bond donors (Lipinski definition) is 0. The van der Waals surface area contributed by atoms with Crippen molar-refractivity contribution >= 4 is 25.2 Å². The quantitative estimate of drug-likeness (QED) is 0.270. The second kappa shape index (κ2) is 10.9. The van der Waals surface area contributed by atoms with Crippen molar-refractivity contribution in [2.75, 3.05) is 0 Å². The van der Waals surface area contributed by atoms with Crippen molar-refractivity contribution in [3.05, 3.63) is 0 Å². The highest BCUT2D eigenvalue weighted by Crippen LogP contribution is 2.52. The summed E-state index contributed by atoms with van der Waals surface area (Å²) < 4.78 is 15.5. The van der Waals surface area contributed by atoms with Crippen LogP contribution in [0.2, 0.25) is 44.3 Å². The Labute approximate surface area is 188 Å². The Kier molecular flexibility index (Phi) is 11.1. The van der Waals surface area contributed by atoms with Crippen LogP contribution in [0.15, 0.2) is 0 Å². The van der Waals surface area contributed by atoms with Gasteiger partial charge in [0.25, 0.3) is 0 Å². The molecule has 0 spiro atoms. The topological polar surface area (TPSA) is 18.5 Å². The van der Waals surface area contributed by atoms with Crippen molar-refractivity contribution in [3.8, 4) is 0 Å². The van der Waals surface area contributed by atoms with Gasteiger partial charge in [-0.15, -0.1) is 0 Å². The van der Waals surface area contributed by atoms with Gasteiger partial charge < -0.3 is 8.23 Å².